The van der Waals surface area contributed by atoms with E-state index in [4.69, 9.17) is 16.3 Å². The topological polar surface area (TPSA) is 38.3 Å². The van der Waals surface area contributed by atoms with Gasteiger partial charge >= 0.3 is 5.97 Å². The van der Waals surface area contributed by atoms with E-state index in [2.05, 4.69) is 19.2 Å². The molecule has 0 aliphatic heterocycles. The van der Waals surface area contributed by atoms with E-state index in [1.165, 1.54) is 7.11 Å². The number of carbonyl (C=O) groups excluding carboxylic acids is 1. The minimum Gasteiger partial charge on any atom is -0.468 e. The number of thioether (sulfide) groups is 1. The molecule has 2 atom stereocenters. The number of rotatable bonds is 8. The van der Waals surface area contributed by atoms with Crippen LogP contribution in [-0.4, -0.2) is 30.4 Å². The Kier molecular flexibility index (Phi) is 7.57. The molecule has 0 saturated heterocycles. The van der Waals surface area contributed by atoms with Gasteiger partial charge in [-0.3, -0.25) is 4.79 Å². The number of ether oxygens (including phenoxy) is 1. The van der Waals surface area contributed by atoms with E-state index < -0.39 is 5.54 Å². The van der Waals surface area contributed by atoms with E-state index >= 15 is 0 Å². The van der Waals surface area contributed by atoms with Crippen LogP contribution in [0.25, 0.3) is 0 Å². The van der Waals surface area contributed by atoms with Crippen molar-refractivity contribution in [3.63, 3.8) is 0 Å². The quantitative estimate of drug-likeness (QED) is 0.574. The van der Waals surface area contributed by atoms with Crippen LogP contribution in [0, 0.1) is 0 Å². The van der Waals surface area contributed by atoms with Gasteiger partial charge in [0.15, 0.2) is 0 Å². The summed E-state index contributed by atoms with van der Waals surface area (Å²) in [6.45, 7) is 6.86. The minimum atomic E-state index is -0.668. The molecule has 3 nitrogen and oxygen atoms in total. The van der Waals surface area contributed by atoms with Crippen LogP contribution in [0.2, 0.25) is 5.02 Å². The fourth-order valence-corrected chi connectivity index (χ4v) is 3.68. The molecule has 1 rings (SSSR count). The van der Waals surface area contributed by atoms with Crippen LogP contribution in [-0.2, 0) is 9.53 Å². The molecule has 0 radical (unpaired) electrons. The molecule has 0 aliphatic carbocycles. The summed E-state index contributed by atoms with van der Waals surface area (Å²) in [5.41, 5.74) is -0.668. The van der Waals surface area contributed by atoms with Gasteiger partial charge in [-0.25, -0.2) is 0 Å². The van der Waals surface area contributed by atoms with Gasteiger partial charge in [0.1, 0.15) is 5.54 Å². The average molecular weight is 330 g/mol. The van der Waals surface area contributed by atoms with Gasteiger partial charge in [-0.1, -0.05) is 37.6 Å². The van der Waals surface area contributed by atoms with Gasteiger partial charge in [0.05, 0.1) is 12.1 Å². The summed E-state index contributed by atoms with van der Waals surface area (Å²) < 4.78 is 4.95. The van der Waals surface area contributed by atoms with Crippen LogP contribution in [0.5, 0.6) is 0 Å². The van der Waals surface area contributed by atoms with Gasteiger partial charge in [0, 0.05) is 10.1 Å². The molecule has 0 spiro atoms. The third-order valence-electron chi connectivity index (χ3n) is 3.26. The van der Waals surface area contributed by atoms with E-state index in [-0.39, 0.29) is 11.2 Å². The highest BCUT2D eigenvalue weighted by Gasteiger charge is 2.35. The Balaban J connectivity index is 2.74. The van der Waals surface area contributed by atoms with Crippen LogP contribution in [0.4, 0.5) is 0 Å². The van der Waals surface area contributed by atoms with Crippen molar-refractivity contribution in [2.24, 2.45) is 0 Å². The van der Waals surface area contributed by atoms with Crippen molar-refractivity contribution in [3.05, 3.63) is 29.3 Å². The molecule has 0 heterocycles. The van der Waals surface area contributed by atoms with Crippen LogP contribution < -0.4 is 5.32 Å². The standard InChI is InChI=1S/C16H24ClNO2S/c1-5-10-18-16(3,15(19)20-4)11-12(2)21-14-9-7-6-8-13(14)17/h6-9,12,18H,5,10-11H2,1-4H3. The highest BCUT2D eigenvalue weighted by Crippen LogP contribution is 2.33. The Hall–Kier alpha value is -0.710. The molecule has 0 fully saturated rings. The Bertz CT molecular complexity index is 469. The number of benzene rings is 1. The number of hydrogen-bond acceptors (Lipinski definition) is 4. The fraction of sp³-hybridized carbons (Fsp3) is 0.562. The SMILES string of the molecule is CCCNC(C)(CC(C)Sc1ccccc1Cl)C(=O)OC. The summed E-state index contributed by atoms with van der Waals surface area (Å²) in [5, 5.41) is 4.29. The van der Waals surface area contributed by atoms with Crippen molar-refractivity contribution in [2.75, 3.05) is 13.7 Å². The molecule has 5 heteroatoms. The molecular formula is C16H24ClNO2S. The first kappa shape index (κ1) is 18.3. The zero-order valence-corrected chi connectivity index (χ0v) is 14.7. The molecule has 1 N–H and O–H groups in total. The highest BCUT2D eigenvalue weighted by atomic mass is 35.5. The number of methoxy groups -OCH3 is 1. The monoisotopic (exact) mass is 329 g/mol. The molecule has 0 amide bonds. The number of hydrogen-bond donors (Lipinski definition) is 1. The minimum absolute atomic E-state index is 0.220. The zero-order chi connectivity index (χ0) is 15.9. The van der Waals surface area contributed by atoms with Crippen molar-refractivity contribution in [3.8, 4) is 0 Å². The lowest BCUT2D eigenvalue weighted by molar-refractivity contribution is -0.148. The second-order valence-corrected chi connectivity index (χ2v) is 7.20. The molecule has 0 aromatic heterocycles. The van der Waals surface area contributed by atoms with Crippen molar-refractivity contribution in [1.82, 2.24) is 5.32 Å². The highest BCUT2D eigenvalue weighted by molar-refractivity contribution is 8.00. The first-order valence-corrected chi connectivity index (χ1v) is 8.43. The molecule has 0 aliphatic rings. The second kappa shape index (κ2) is 8.66. The average Bonchev–Trinajstić information content (AvgIpc) is 2.46. The predicted octanol–water partition coefficient (Wildman–Crippen LogP) is 4.14. The predicted molar refractivity (Wildman–Crippen MR) is 90.1 cm³/mol. The van der Waals surface area contributed by atoms with E-state index in [9.17, 15) is 4.79 Å². The smallest absolute Gasteiger partial charge is 0.325 e. The van der Waals surface area contributed by atoms with Gasteiger partial charge in [0.25, 0.3) is 0 Å². The van der Waals surface area contributed by atoms with Crippen LogP contribution in [0.1, 0.15) is 33.6 Å². The largest absolute Gasteiger partial charge is 0.468 e. The lowest BCUT2D eigenvalue weighted by Gasteiger charge is -2.30. The summed E-state index contributed by atoms with van der Waals surface area (Å²) >= 11 is 7.86. The second-order valence-electron chi connectivity index (χ2n) is 5.31. The number of nitrogens with one attached hydrogen (secondary N) is 1. The van der Waals surface area contributed by atoms with Crippen LogP contribution in [0.3, 0.4) is 0 Å². The van der Waals surface area contributed by atoms with Crippen LogP contribution in [0.15, 0.2) is 29.2 Å². The van der Waals surface area contributed by atoms with Gasteiger partial charge in [-0.05, 0) is 38.4 Å². The Morgan fingerprint density at radius 3 is 2.71 bits per heavy atom. The first-order chi connectivity index (χ1) is 9.92. The maximum absolute atomic E-state index is 12.1. The molecule has 0 saturated carbocycles. The number of esters is 1. The molecule has 21 heavy (non-hydrogen) atoms. The summed E-state index contributed by atoms with van der Waals surface area (Å²) in [4.78, 5) is 13.1. The first-order valence-electron chi connectivity index (χ1n) is 7.17. The molecular weight excluding hydrogens is 306 g/mol. The van der Waals surface area contributed by atoms with E-state index in [1.54, 1.807) is 11.8 Å². The Morgan fingerprint density at radius 1 is 1.48 bits per heavy atom. The van der Waals surface area contributed by atoms with E-state index in [1.807, 2.05) is 31.2 Å². The van der Waals surface area contributed by atoms with E-state index in [0.717, 1.165) is 22.9 Å². The van der Waals surface area contributed by atoms with Crippen molar-refractivity contribution < 1.29 is 9.53 Å². The van der Waals surface area contributed by atoms with Crippen molar-refractivity contribution >= 4 is 29.3 Å². The molecule has 1 aromatic carbocycles. The summed E-state index contributed by atoms with van der Waals surface area (Å²) in [6, 6.07) is 7.76. The molecule has 0 bridgehead atoms. The Morgan fingerprint density at radius 2 is 2.14 bits per heavy atom. The summed E-state index contributed by atoms with van der Waals surface area (Å²) in [6.07, 6.45) is 1.65. The Labute approximate surface area is 136 Å². The third kappa shape index (κ3) is 5.53. The summed E-state index contributed by atoms with van der Waals surface area (Å²) in [7, 11) is 1.43. The van der Waals surface area contributed by atoms with Gasteiger partial charge in [-0.15, -0.1) is 11.8 Å². The maximum Gasteiger partial charge on any atom is 0.325 e. The van der Waals surface area contributed by atoms with Gasteiger partial charge in [-0.2, -0.15) is 0 Å². The van der Waals surface area contributed by atoms with Crippen molar-refractivity contribution in [2.45, 2.75) is 49.3 Å². The normalized spacial score (nSPS) is 15.3. The van der Waals surface area contributed by atoms with Gasteiger partial charge < -0.3 is 10.1 Å². The number of carbonyl (C=O) groups is 1. The number of halogens is 1. The third-order valence-corrected chi connectivity index (χ3v) is 4.88. The zero-order valence-electron chi connectivity index (χ0n) is 13.1. The lowest BCUT2D eigenvalue weighted by Crippen LogP contribution is -2.51. The molecule has 2 unspecified atom stereocenters. The lowest BCUT2D eigenvalue weighted by atomic mass is 9.96. The fourth-order valence-electron chi connectivity index (χ4n) is 2.23. The molecule has 118 valence electrons. The van der Waals surface area contributed by atoms with Crippen LogP contribution >= 0.6 is 23.4 Å². The van der Waals surface area contributed by atoms with Gasteiger partial charge in [0.2, 0.25) is 0 Å². The maximum atomic E-state index is 12.1. The summed E-state index contributed by atoms with van der Waals surface area (Å²) in [5.74, 6) is -0.220. The van der Waals surface area contributed by atoms with E-state index in [0.29, 0.717) is 6.42 Å². The van der Waals surface area contributed by atoms with Crippen molar-refractivity contribution in [1.29, 1.82) is 0 Å². The molecule has 1 aromatic rings.